The van der Waals surface area contributed by atoms with Gasteiger partial charge in [-0.25, -0.2) is 0 Å². The molecular formula is C14H16F6N2. The molecule has 0 radical (unpaired) electrons. The van der Waals surface area contributed by atoms with Crippen molar-refractivity contribution >= 4 is 0 Å². The van der Waals surface area contributed by atoms with Crippen molar-refractivity contribution < 1.29 is 26.3 Å². The molecule has 1 atom stereocenters. The van der Waals surface area contributed by atoms with E-state index in [1.165, 1.54) is 6.07 Å². The summed E-state index contributed by atoms with van der Waals surface area (Å²) in [5, 5.41) is 3.02. The lowest BCUT2D eigenvalue weighted by atomic mass is 9.98. The first-order valence-corrected chi connectivity index (χ1v) is 6.85. The smallest absolute Gasteiger partial charge is 0.314 e. The Morgan fingerprint density at radius 2 is 1.68 bits per heavy atom. The predicted octanol–water partition coefficient (Wildman–Crippen LogP) is 3.60. The SMILES string of the molecule is FC(F)(F)C[C@@H](c1cccc(C(F)(F)F)c1)N1CCNCC1. The van der Waals surface area contributed by atoms with Crippen LogP contribution in [0.15, 0.2) is 24.3 Å². The number of nitrogens with one attached hydrogen (secondary N) is 1. The summed E-state index contributed by atoms with van der Waals surface area (Å²) in [6.07, 6.45) is -10.2. The Balaban J connectivity index is 2.31. The fourth-order valence-electron chi connectivity index (χ4n) is 2.59. The number of halogens is 6. The van der Waals surface area contributed by atoms with Crippen molar-refractivity contribution in [3.05, 3.63) is 35.4 Å². The van der Waals surface area contributed by atoms with E-state index < -0.39 is 30.4 Å². The molecule has 1 fully saturated rings. The molecule has 1 N–H and O–H groups in total. The van der Waals surface area contributed by atoms with Gasteiger partial charge in [-0.1, -0.05) is 12.1 Å². The molecular weight excluding hydrogens is 310 g/mol. The fraction of sp³-hybridized carbons (Fsp3) is 0.571. The van der Waals surface area contributed by atoms with E-state index in [1.807, 2.05) is 0 Å². The highest BCUT2D eigenvalue weighted by molar-refractivity contribution is 5.28. The number of rotatable bonds is 3. The first kappa shape index (κ1) is 17.1. The molecule has 1 aromatic rings. The van der Waals surface area contributed by atoms with Gasteiger partial charge in [-0.2, -0.15) is 26.3 Å². The summed E-state index contributed by atoms with van der Waals surface area (Å²) >= 11 is 0. The summed E-state index contributed by atoms with van der Waals surface area (Å²) in [6.45, 7) is 1.79. The number of nitrogens with zero attached hydrogens (tertiary/aromatic N) is 1. The van der Waals surface area contributed by atoms with E-state index in [0.717, 1.165) is 18.2 Å². The third-order valence-corrected chi connectivity index (χ3v) is 3.62. The van der Waals surface area contributed by atoms with Crippen molar-refractivity contribution in [2.75, 3.05) is 26.2 Å². The summed E-state index contributed by atoms with van der Waals surface area (Å²) < 4.78 is 76.7. The van der Waals surface area contributed by atoms with Gasteiger partial charge in [0.25, 0.3) is 0 Å². The molecule has 2 nitrogen and oxygen atoms in total. The second-order valence-corrected chi connectivity index (χ2v) is 5.24. The highest BCUT2D eigenvalue weighted by Gasteiger charge is 2.37. The maximum atomic E-state index is 12.8. The summed E-state index contributed by atoms with van der Waals surface area (Å²) in [4.78, 5) is 1.58. The van der Waals surface area contributed by atoms with Crippen LogP contribution in [-0.2, 0) is 6.18 Å². The Labute approximate surface area is 124 Å². The van der Waals surface area contributed by atoms with Crippen LogP contribution in [0.25, 0.3) is 0 Å². The number of alkyl halides is 6. The van der Waals surface area contributed by atoms with E-state index in [4.69, 9.17) is 0 Å². The van der Waals surface area contributed by atoms with E-state index >= 15 is 0 Å². The molecule has 0 unspecified atom stereocenters. The fourth-order valence-corrected chi connectivity index (χ4v) is 2.59. The minimum absolute atomic E-state index is 0.0500. The first-order valence-electron chi connectivity index (χ1n) is 6.85. The zero-order valence-electron chi connectivity index (χ0n) is 11.6. The third kappa shape index (κ3) is 4.61. The molecule has 8 heteroatoms. The standard InChI is InChI=1S/C14H16F6N2/c15-13(16,17)9-12(22-6-4-21-5-7-22)10-2-1-3-11(8-10)14(18,19)20/h1-3,8,12,21H,4-7,9H2/t12-/m0/s1. The Morgan fingerprint density at radius 1 is 1.05 bits per heavy atom. The van der Waals surface area contributed by atoms with Crippen molar-refractivity contribution in [1.82, 2.24) is 10.2 Å². The molecule has 0 aliphatic carbocycles. The largest absolute Gasteiger partial charge is 0.416 e. The molecule has 1 heterocycles. The third-order valence-electron chi connectivity index (χ3n) is 3.62. The monoisotopic (exact) mass is 326 g/mol. The van der Waals surface area contributed by atoms with Gasteiger partial charge < -0.3 is 5.32 Å². The first-order chi connectivity index (χ1) is 10.2. The number of piperazine rings is 1. The van der Waals surface area contributed by atoms with Crippen LogP contribution in [0.3, 0.4) is 0 Å². The number of hydrogen-bond acceptors (Lipinski definition) is 2. The lowest BCUT2D eigenvalue weighted by Gasteiger charge is -2.35. The molecule has 1 aliphatic heterocycles. The Hall–Kier alpha value is -1.28. The van der Waals surface area contributed by atoms with Gasteiger partial charge in [-0.05, 0) is 17.7 Å². The number of benzene rings is 1. The summed E-state index contributed by atoms with van der Waals surface area (Å²) in [5.74, 6) is 0. The predicted molar refractivity (Wildman–Crippen MR) is 69.3 cm³/mol. The van der Waals surface area contributed by atoms with Crippen LogP contribution in [0.1, 0.15) is 23.6 Å². The Bertz CT molecular complexity index is 491. The van der Waals surface area contributed by atoms with E-state index in [-0.39, 0.29) is 5.56 Å². The molecule has 0 spiro atoms. The summed E-state index contributed by atoms with van der Waals surface area (Å²) in [6, 6.07) is 3.08. The highest BCUT2D eigenvalue weighted by Crippen LogP contribution is 2.36. The van der Waals surface area contributed by atoms with Crippen molar-refractivity contribution in [1.29, 1.82) is 0 Å². The molecule has 124 valence electrons. The van der Waals surface area contributed by atoms with Gasteiger partial charge in [0, 0.05) is 32.2 Å². The van der Waals surface area contributed by atoms with Gasteiger partial charge in [-0.3, -0.25) is 4.90 Å². The quantitative estimate of drug-likeness (QED) is 0.854. The second-order valence-electron chi connectivity index (χ2n) is 5.24. The molecule has 22 heavy (non-hydrogen) atoms. The van der Waals surface area contributed by atoms with Gasteiger partial charge in [0.05, 0.1) is 12.0 Å². The minimum Gasteiger partial charge on any atom is -0.314 e. The van der Waals surface area contributed by atoms with Gasteiger partial charge in [-0.15, -0.1) is 0 Å². The van der Waals surface area contributed by atoms with E-state index in [0.29, 0.717) is 26.2 Å². The topological polar surface area (TPSA) is 15.3 Å². The zero-order valence-corrected chi connectivity index (χ0v) is 11.6. The molecule has 0 amide bonds. The lowest BCUT2D eigenvalue weighted by molar-refractivity contribution is -0.148. The molecule has 1 saturated heterocycles. The van der Waals surface area contributed by atoms with Gasteiger partial charge in [0.2, 0.25) is 0 Å². The summed E-state index contributed by atoms with van der Waals surface area (Å²) in [7, 11) is 0. The van der Waals surface area contributed by atoms with Crippen molar-refractivity contribution in [2.24, 2.45) is 0 Å². The van der Waals surface area contributed by atoms with E-state index in [9.17, 15) is 26.3 Å². The second kappa shape index (κ2) is 6.45. The normalized spacial score (nSPS) is 19.2. The molecule has 2 rings (SSSR count). The van der Waals surface area contributed by atoms with Crippen molar-refractivity contribution in [3.8, 4) is 0 Å². The summed E-state index contributed by atoms with van der Waals surface area (Å²) in [5.41, 5.74) is -0.874. The van der Waals surface area contributed by atoms with Crippen LogP contribution in [0.4, 0.5) is 26.3 Å². The minimum atomic E-state index is -4.57. The molecule has 1 aromatic carbocycles. The molecule has 0 saturated carbocycles. The Kier molecular flexibility index (Phi) is 5.01. The number of hydrogen-bond donors (Lipinski definition) is 1. The van der Waals surface area contributed by atoms with E-state index in [1.54, 1.807) is 4.90 Å². The van der Waals surface area contributed by atoms with Crippen molar-refractivity contribution in [3.63, 3.8) is 0 Å². The van der Waals surface area contributed by atoms with Crippen molar-refractivity contribution in [2.45, 2.75) is 24.8 Å². The highest BCUT2D eigenvalue weighted by atomic mass is 19.4. The maximum absolute atomic E-state index is 12.8. The van der Waals surface area contributed by atoms with E-state index in [2.05, 4.69) is 5.32 Å². The maximum Gasteiger partial charge on any atom is 0.416 e. The average Bonchev–Trinajstić information content (AvgIpc) is 2.44. The molecule has 1 aliphatic rings. The van der Waals surface area contributed by atoms with Crippen LogP contribution < -0.4 is 5.32 Å². The van der Waals surface area contributed by atoms with Crippen LogP contribution in [0, 0.1) is 0 Å². The average molecular weight is 326 g/mol. The Morgan fingerprint density at radius 3 is 2.23 bits per heavy atom. The lowest BCUT2D eigenvalue weighted by Crippen LogP contribution is -2.46. The van der Waals surface area contributed by atoms with Gasteiger partial charge in [0.15, 0.2) is 0 Å². The van der Waals surface area contributed by atoms with Crippen LogP contribution in [0.2, 0.25) is 0 Å². The zero-order chi connectivity index (χ0) is 16.4. The van der Waals surface area contributed by atoms with Gasteiger partial charge >= 0.3 is 12.4 Å². The molecule has 0 bridgehead atoms. The van der Waals surface area contributed by atoms with Crippen LogP contribution in [-0.4, -0.2) is 37.3 Å². The molecule has 0 aromatic heterocycles. The van der Waals surface area contributed by atoms with Gasteiger partial charge in [0.1, 0.15) is 0 Å². The van der Waals surface area contributed by atoms with Crippen LogP contribution >= 0.6 is 0 Å². The van der Waals surface area contributed by atoms with Crippen LogP contribution in [0.5, 0.6) is 0 Å².